The maximum Gasteiger partial charge on any atom is 0.0121 e. The molecule has 0 N–H and O–H groups in total. The Hall–Kier alpha value is -0.200. The van der Waals surface area contributed by atoms with E-state index in [1.165, 1.54) is 104 Å². The molecule has 5 heteroatoms. The highest BCUT2D eigenvalue weighted by atomic mass is 15.2. The Kier molecular flexibility index (Phi) is 26.5. The molecule has 0 amide bonds. The maximum atomic E-state index is 2.64. The topological polar surface area (TPSA) is 16.2 Å². The molecule has 5 aliphatic heterocycles. The van der Waals surface area contributed by atoms with Gasteiger partial charge in [0.25, 0.3) is 0 Å². The molecule has 0 spiro atoms. The SMILES string of the molecule is CC(C)C1CCCN(C(C)C)C1.CC(C)C1CCCN1C(C)C.CC(C)C1CCN(C(C)C)C1.CC(C)C1CCN(C(C)C)CC1.CC(C)C1CN(C(C)C)C1. The van der Waals surface area contributed by atoms with Crippen LogP contribution < -0.4 is 0 Å². The summed E-state index contributed by atoms with van der Waals surface area (Å²) >= 11 is 0. The van der Waals surface area contributed by atoms with Crippen molar-refractivity contribution in [3.63, 3.8) is 0 Å². The zero-order valence-electron chi connectivity index (χ0n) is 42.2. The van der Waals surface area contributed by atoms with Gasteiger partial charge in [-0.15, -0.1) is 0 Å². The van der Waals surface area contributed by atoms with Gasteiger partial charge < -0.3 is 19.6 Å². The molecular weight excluding hydrogens is 683 g/mol. The van der Waals surface area contributed by atoms with Crippen LogP contribution in [0.4, 0.5) is 0 Å². The van der Waals surface area contributed by atoms with Crippen LogP contribution in [-0.2, 0) is 0 Å². The third-order valence-corrected chi connectivity index (χ3v) is 14.7. The van der Waals surface area contributed by atoms with E-state index in [0.717, 1.165) is 89.5 Å². The highest BCUT2D eigenvalue weighted by Crippen LogP contribution is 2.28. The second-order valence-electron chi connectivity index (χ2n) is 22.2. The summed E-state index contributed by atoms with van der Waals surface area (Å²) in [5, 5.41) is 0. The molecule has 0 aromatic heterocycles. The predicted molar refractivity (Wildman–Crippen MR) is 253 cm³/mol. The fourth-order valence-electron chi connectivity index (χ4n) is 9.55. The van der Waals surface area contributed by atoms with Gasteiger partial charge >= 0.3 is 0 Å². The van der Waals surface area contributed by atoms with Crippen molar-refractivity contribution in [2.24, 2.45) is 53.3 Å². The molecule has 3 unspecified atom stereocenters. The van der Waals surface area contributed by atoms with Gasteiger partial charge in [-0.25, -0.2) is 0 Å². The minimum absolute atomic E-state index is 0.741. The molecule has 3 atom stereocenters. The van der Waals surface area contributed by atoms with Gasteiger partial charge in [0.2, 0.25) is 0 Å². The first kappa shape index (κ1) is 53.8. The van der Waals surface area contributed by atoms with E-state index in [0.29, 0.717) is 0 Å². The molecular formula is C51H107N5. The summed E-state index contributed by atoms with van der Waals surface area (Å²) in [7, 11) is 0. The van der Waals surface area contributed by atoms with Crippen LogP contribution in [0, 0.1) is 53.3 Å². The molecule has 5 saturated heterocycles. The Morgan fingerprint density at radius 3 is 0.982 bits per heavy atom. The van der Waals surface area contributed by atoms with E-state index in [2.05, 4.69) is 163 Å². The molecule has 0 bridgehead atoms. The van der Waals surface area contributed by atoms with Crippen molar-refractivity contribution < 1.29 is 0 Å². The largest absolute Gasteiger partial charge is 0.301 e. The Morgan fingerprint density at radius 1 is 0.286 bits per heavy atom. The fourth-order valence-corrected chi connectivity index (χ4v) is 9.55. The summed E-state index contributed by atoms with van der Waals surface area (Å²) < 4.78 is 0. The summed E-state index contributed by atoms with van der Waals surface area (Å²) in [6, 6.07) is 4.60. The van der Waals surface area contributed by atoms with E-state index in [9.17, 15) is 0 Å². The highest BCUT2D eigenvalue weighted by Gasteiger charge is 2.31. The van der Waals surface area contributed by atoms with Crippen molar-refractivity contribution in [3.8, 4) is 0 Å². The molecule has 56 heavy (non-hydrogen) atoms. The Balaban J connectivity index is 0.000000350. The summed E-state index contributed by atoms with van der Waals surface area (Å²) in [6.45, 7) is 58.3. The Bertz CT molecular complexity index is 870. The average Bonchev–Trinajstić information content (AvgIpc) is 3.80. The molecule has 5 fully saturated rings. The molecule has 336 valence electrons. The predicted octanol–water partition coefficient (Wildman–Crippen LogP) is 12.4. The molecule has 5 nitrogen and oxygen atoms in total. The molecule has 0 radical (unpaired) electrons. The summed E-state index contributed by atoms with van der Waals surface area (Å²) in [4.78, 5) is 13.0. The van der Waals surface area contributed by atoms with Crippen LogP contribution in [-0.4, -0.2) is 120 Å². The second kappa shape index (κ2) is 27.6. The van der Waals surface area contributed by atoms with Gasteiger partial charge in [0, 0.05) is 62.4 Å². The Morgan fingerprint density at radius 2 is 0.643 bits per heavy atom. The maximum absolute atomic E-state index is 2.64. The van der Waals surface area contributed by atoms with Gasteiger partial charge in [0.15, 0.2) is 0 Å². The summed E-state index contributed by atoms with van der Waals surface area (Å²) in [5.74, 6) is 8.21. The van der Waals surface area contributed by atoms with Crippen LogP contribution in [0.5, 0.6) is 0 Å². The lowest BCUT2D eigenvalue weighted by Gasteiger charge is -2.44. The number of likely N-dealkylation sites (tertiary alicyclic amines) is 5. The lowest BCUT2D eigenvalue weighted by Crippen LogP contribution is -2.51. The van der Waals surface area contributed by atoms with Crippen LogP contribution in [0.2, 0.25) is 0 Å². The van der Waals surface area contributed by atoms with Crippen LogP contribution in [0.25, 0.3) is 0 Å². The summed E-state index contributed by atoms with van der Waals surface area (Å²) in [5.41, 5.74) is 0. The van der Waals surface area contributed by atoms with Crippen LogP contribution in [0.3, 0.4) is 0 Å². The van der Waals surface area contributed by atoms with Crippen LogP contribution in [0.15, 0.2) is 0 Å². The fraction of sp³-hybridized carbons (Fsp3) is 1.00. The normalized spacial score (nSPS) is 25.3. The Labute approximate surface area is 355 Å². The number of nitrogens with zero attached hydrogens (tertiary/aromatic N) is 5. The minimum Gasteiger partial charge on any atom is -0.301 e. The minimum atomic E-state index is 0.741. The number of piperidine rings is 2. The number of hydrogen-bond acceptors (Lipinski definition) is 5. The molecule has 5 heterocycles. The van der Waals surface area contributed by atoms with E-state index in [-0.39, 0.29) is 0 Å². The van der Waals surface area contributed by atoms with Gasteiger partial charge in [-0.3, -0.25) is 4.90 Å². The van der Waals surface area contributed by atoms with Crippen molar-refractivity contribution in [2.75, 3.05) is 58.9 Å². The summed E-state index contributed by atoms with van der Waals surface area (Å²) in [6.07, 6.45) is 9.90. The van der Waals surface area contributed by atoms with Crippen molar-refractivity contribution >= 4 is 0 Å². The van der Waals surface area contributed by atoms with Crippen molar-refractivity contribution in [1.82, 2.24) is 24.5 Å². The second-order valence-corrected chi connectivity index (χ2v) is 22.2. The zero-order valence-corrected chi connectivity index (χ0v) is 42.2. The van der Waals surface area contributed by atoms with Crippen LogP contribution in [0.1, 0.15) is 183 Å². The third-order valence-electron chi connectivity index (χ3n) is 14.7. The van der Waals surface area contributed by atoms with Gasteiger partial charge in [0.05, 0.1) is 0 Å². The smallest absolute Gasteiger partial charge is 0.0121 e. The van der Waals surface area contributed by atoms with E-state index in [1.54, 1.807) is 0 Å². The first-order chi connectivity index (χ1) is 26.1. The molecule has 5 rings (SSSR count). The zero-order chi connectivity index (χ0) is 42.9. The standard InChI is InChI=1S/2C11H23N.2C10H21N.C9H19N/c1-9(2)11-5-7-12(8-6-11)10(3)4;1-9(2)11-6-5-7-12(8-11)10(3)4;1-8(2)10-5-6-11(7-10)9(3)4;1-8(2)10-6-5-7-11(10)9(3)4;1-7(2)9-5-10(6-9)8(3)4/h2*9-11H,5-8H2,1-4H3;2*8-10H,5-7H2,1-4H3;7-9H,5-6H2,1-4H3. The highest BCUT2D eigenvalue weighted by molar-refractivity contribution is 4.85. The van der Waals surface area contributed by atoms with Crippen molar-refractivity contribution in [2.45, 2.75) is 220 Å². The van der Waals surface area contributed by atoms with Crippen molar-refractivity contribution in [1.29, 1.82) is 0 Å². The van der Waals surface area contributed by atoms with Crippen LogP contribution >= 0.6 is 0 Å². The monoisotopic (exact) mass is 790 g/mol. The van der Waals surface area contributed by atoms with Gasteiger partial charge in [-0.1, -0.05) is 69.2 Å². The first-order valence-corrected chi connectivity index (χ1v) is 24.8. The van der Waals surface area contributed by atoms with Crippen molar-refractivity contribution in [3.05, 3.63) is 0 Å². The lowest BCUT2D eigenvalue weighted by atomic mass is 9.86. The molecule has 0 aromatic carbocycles. The molecule has 0 aromatic rings. The van der Waals surface area contributed by atoms with Gasteiger partial charge in [-0.2, -0.15) is 0 Å². The number of rotatable bonds is 10. The lowest BCUT2D eigenvalue weighted by molar-refractivity contribution is 0.0408. The first-order valence-electron chi connectivity index (χ1n) is 24.8. The quantitative estimate of drug-likeness (QED) is 0.218. The third kappa shape index (κ3) is 19.9. The van der Waals surface area contributed by atoms with E-state index >= 15 is 0 Å². The van der Waals surface area contributed by atoms with Gasteiger partial charge in [0.1, 0.15) is 0 Å². The average molecular weight is 790 g/mol. The van der Waals surface area contributed by atoms with Gasteiger partial charge in [-0.05, 0) is 200 Å². The number of hydrogen-bond donors (Lipinski definition) is 0. The van der Waals surface area contributed by atoms with E-state index in [1.807, 2.05) is 0 Å². The molecule has 5 aliphatic rings. The molecule has 0 saturated carbocycles. The van der Waals surface area contributed by atoms with E-state index in [4.69, 9.17) is 0 Å². The van der Waals surface area contributed by atoms with E-state index < -0.39 is 0 Å². The molecule has 0 aliphatic carbocycles.